The first kappa shape index (κ1) is 31.4. The summed E-state index contributed by atoms with van der Waals surface area (Å²) < 4.78 is 4.73. The van der Waals surface area contributed by atoms with Crippen molar-refractivity contribution in [2.45, 2.75) is 0 Å². The molecule has 0 aliphatic carbocycles. The van der Waals surface area contributed by atoms with Crippen LogP contribution in [0.5, 0.6) is 0 Å². The Balaban J connectivity index is 1.16. The summed E-state index contributed by atoms with van der Waals surface area (Å²) in [4.78, 5) is 10.8. The normalized spacial score (nSPS) is 12.1. The Bertz CT molecular complexity index is 3870. The fraction of sp³-hybridized carbons (Fsp3) is 0. The van der Waals surface area contributed by atoms with Crippen LogP contribution in [0.1, 0.15) is 0 Å². The van der Waals surface area contributed by atoms with Gasteiger partial charge in [-0.25, -0.2) is 9.97 Å². The van der Waals surface area contributed by atoms with Crippen molar-refractivity contribution in [1.29, 1.82) is 0 Å². The van der Waals surface area contributed by atoms with Crippen molar-refractivity contribution in [2.75, 3.05) is 0 Å². The zero-order valence-corrected chi connectivity index (χ0v) is 31.3. The third kappa shape index (κ3) is 4.45. The predicted molar refractivity (Wildman–Crippen MR) is 244 cm³/mol. The molecule has 4 heteroatoms. The molecule has 268 valence electrons. The van der Waals surface area contributed by atoms with Gasteiger partial charge in [0.15, 0.2) is 0 Å². The Labute approximate surface area is 332 Å². The number of hydrogen-bond donors (Lipinski definition) is 0. The maximum absolute atomic E-state index is 5.47. The fourth-order valence-corrected chi connectivity index (χ4v) is 9.60. The van der Waals surface area contributed by atoms with E-state index in [2.05, 4.69) is 203 Å². The minimum atomic E-state index is 0.651. The van der Waals surface area contributed by atoms with Gasteiger partial charge in [-0.1, -0.05) is 146 Å². The van der Waals surface area contributed by atoms with Crippen LogP contribution in [0.4, 0.5) is 0 Å². The van der Waals surface area contributed by atoms with Crippen molar-refractivity contribution in [3.8, 4) is 22.9 Å². The summed E-state index contributed by atoms with van der Waals surface area (Å²) in [6, 6.07) is 70.3. The van der Waals surface area contributed by atoms with Gasteiger partial charge in [0.1, 0.15) is 0 Å². The Morgan fingerprint density at radius 3 is 1.79 bits per heavy atom. The number of para-hydroxylation sites is 2. The van der Waals surface area contributed by atoms with Crippen molar-refractivity contribution in [2.24, 2.45) is 0 Å². The van der Waals surface area contributed by atoms with Crippen molar-refractivity contribution in [3.63, 3.8) is 0 Å². The third-order valence-electron chi connectivity index (χ3n) is 12.3. The molecule has 0 aliphatic rings. The van der Waals surface area contributed by atoms with Crippen LogP contribution in [0, 0.1) is 0 Å². The highest BCUT2D eigenvalue weighted by molar-refractivity contribution is 6.28. The number of benzene rings is 10. The molecule has 0 saturated carbocycles. The monoisotopic (exact) mass is 736 g/mol. The lowest BCUT2D eigenvalue weighted by Crippen LogP contribution is -2.03. The summed E-state index contributed by atoms with van der Waals surface area (Å²) >= 11 is 0. The van der Waals surface area contributed by atoms with Crippen molar-refractivity contribution in [1.82, 2.24) is 19.1 Å². The molecule has 0 saturated heterocycles. The van der Waals surface area contributed by atoms with E-state index in [-0.39, 0.29) is 0 Å². The molecule has 3 aromatic heterocycles. The molecule has 0 fully saturated rings. The van der Waals surface area contributed by atoms with Crippen LogP contribution in [-0.2, 0) is 0 Å². The molecule has 0 amide bonds. The molecule has 0 unspecified atom stereocenters. The van der Waals surface area contributed by atoms with Gasteiger partial charge in [0.25, 0.3) is 0 Å². The second kappa shape index (κ2) is 11.8. The van der Waals surface area contributed by atoms with Gasteiger partial charge in [-0.15, -0.1) is 0 Å². The first-order chi connectivity index (χ1) is 28.7. The Morgan fingerprint density at radius 1 is 0.310 bits per heavy atom. The molecule has 3 heterocycles. The first-order valence-corrected chi connectivity index (χ1v) is 19.8. The fourth-order valence-electron chi connectivity index (χ4n) is 9.60. The molecule has 4 nitrogen and oxygen atoms in total. The van der Waals surface area contributed by atoms with Crippen LogP contribution >= 0.6 is 0 Å². The molecular formula is C54H32N4. The zero-order valence-electron chi connectivity index (χ0n) is 31.3. The lowest BCUT2D eigenvalue weighted by atomic mass is 9.98. The lowest BCUT2D eigenvalue weighted by Gasteiger charge is -2.13. The standard InChI is InChI=1S/C54H32N4/c1-3-14-36-29-38(22-21-33(36)11-1)53-44-18-7-9-19-47(44)55-54(56-53)58-48-20-10-8-17-42(48)45-31-46-51(32-50(45)58)57(39-25-23-34-12-2-4-15-37(34)30-39)49-28-27-41-40-16-6-5-13-35(40)24-26-43(41)52(46)49/h1-32H. The van der Waals surface area contributed by atoms with Gasteiger partial charge in [-0.3, -0.25) is 4.57 Å². The summed E-state index contributed by atoms with van der Waals surface area (Å²) in [6.45, 7) is 0. The summed E-state index contributed by atoms with van der Waals surface area (Å²) in [7, 11) is 0. The maximum atomic E-state index is 5.47. The van der Waals surface area contributed by atoms with Gasteiger partial charge in [0.05, 0.1) is 33.3 Å². The Hall–Kier alpha value is -7.82. The van der Waals surface area contributed by atoms with E-state index in [0.717, 1.165) is 44.4 Å². The highest BCUT2D eigenvalue weighted by atomic mass is 15.2. The lowest BCUT2D eigenvalue weighted by molar-refractivity contribution is 1.01. The second-order valence-corrected chi connectivity index (χ2v) is 15.4. The third-order valence-corrected chi connectivity index (χ3v) is 12.3. The molecule has 0 radical (unpaired) electrons. The quantitative estimate of drug-likeness (QED) is 0.169. The first-order valence-electron chi connectivity index (χ1n) is 19.8. The minimum Gasteiger partial charge on any atom is -0.309 e. The Morgan fingerprint density at radius 2 is 0.948 bits per heavy atom. The van der Waals surface area contributed by atoms with Crippen LogP contribution in [-0.4, -0.2) is 19.1 Å². The van der Waals surface area contributed by atoms with Crippen molar-refractivity contribution >= 4 is 97.6 Å². The summed E-state index contributed by atoms with van der Waals surface area (Å²) in [5.41, 5.74) is 8.47. The highest BCUT2D eigenvalue weighted by Gasteiger charge is 2.22. The van der Waals surface area contributed by atoms with E-state index in [1.165, 1.54) is 70.2 Å². The van der Waals surface area contributed by atoms with Gasteiger partial charge < -0.3 is 4.57 Å². The number of hydrogen-bond acceptors (Lipinski definition) is 2. The summed E-state index contributed by atoms with van der Waals surface area (Å²) in [5.74, 6) is 0.651. The number of nitrogens with zero attached hydrogens (tertiary/aromatic N) is 4. The average Bonchev–Trinajstić information content (AvgIpc) is 3.79. The van der Waals surface area contributed by atoms with E-state index in [1.807, 2.05) is 0 Å². The molecule has 0 atom stereocenters. The van der Waals surface area contributed by atoms with Gasteiger partial charge in [-0.2, -0.15) is 0 Å². The van der Waals surface area contributed by atoms with Gasteiger partial charge >= 0.3 is 0 Å². The van der Waals surface area contributed by atoms with Crippen LogP contribution < -0.4 is 0 Å². The molecule has 13 aromatic rings. The van der Waals surface area contributed by atoms with Gasteiger partial charge in [0, 0.05) is 38.2 Å². The van der Waals surface area contributed by atoms with E-state index in [1.54, 1.807) is 0 Å². The summed E-state index contributed by atoms with van der Waals surface area (Å²) in [5, 5.41) is 15.7. The topological polar surface area (TPSA) is 35.6 Å². The number of rotatable bonds is 3. The van der Waals surface area contributed by atoms with Gasteiger partial charge in [-0.05, 0) is 91.6 Å². The van der Waals surface area contributed by atoms with Crippen molar-refractivity contribution < 1.29 is 0 Å². The highest BCUT2D eigenvalue weighted by Crippen LogP contribution is 2.43. The zero-order chi connectivity index (χ0) is 37.9. The molecule has 0 bridgehead atoms. The largest absolute Gasteiger partial charge is 0.309 e. The number of fused-ring (bicyclic) bond motifs is 13. The number of aromatic nitrogens is 4. The SMILES string of the molecule is c1ccc2cc(-c3nc(-n4c5ccccc5c5cc6c7c8ccc9ccccc9c8ccc7n(-c7ccc8ccccc8c7)c6cc54)nc4ccccc34)ccc2c1. The molecule has 58 heavy (non-hydrogen) atoms. The predicted octanol–water partition coefficient (Wildman–Crippen LogP) is 14.1. The van der Waals surface area contributed by atoms with E-state index >= 15 is 0 Å². The molecular weight excluding hydrogens is 705 g/mol. The molecule has 0 N–H and O–H groups in total. The van der Waals surface area contributed by atoms with E-state index in [0.29, 0.717) is 5.95 Å². The Kier molecular flexibility index (Phi) is 6.41. The molecule has 0 spiro atoms. The van der Waals surface area contributed by atoms with Crippen LogP contribution in [0.25, 0.3) is 120 Å². The summed E-state index contributed by atoms with van der Waals surface area (Å²) in [6.07, 6.45) is 0. The van der Waals surface area contributed by atoms with E-state index < -0.39 is 0 Å². The molecule has 0 aliphatic heterocycles. The van der Waals surface area contributed by atoms with E-state index in [9.17, 15) is 0 Å². The minimum absolute atomic E-state index is 0.651. The smallest absolute Gasteiger partial charge is 0.235 e. The van der Waals surface area contributed by atoms with Crippen LogP contribution in [0.2, 0.25) is 0 Å². The van der Waals surface area contributed by atoms with Crippen LogP contribution in [0.3, 0.4) is 0 Å². The van der Waals surface area contributed by atoms with Crippen LogP contribution in [0.15, 0.2) is 194 Å². The maximum Gasteiger partial charge on any atom is 0.235 e. The van der Waals surface area contributed by atoms with Gasteiger partial charge in [0.2, 0.25) is 5.95 Å². The van der Waals surface area contributed by atoms with E-state index in [4.69, 9.17) is 9.97 Å². The second-order valence-electron chi connectivity index (χ2n) is 15.4. The molecule has 13 rings (SSSR count). The van der Waals surface area contributed by atoms with Crippen molar-refractivity contribution in [3.05, 3.63) is 194 Å². The average molecular weight is 737 g/mol. The molecule has 10 aromatic carbocycles.